The molecule has 1 saturated heterocycles. The van der Waals surface area contributed by atoms with Gasteiger partial charge in [-0.1, -0.05) is 12.1 Å². The fraction of sp³-hybridized carbons (Fsp3) is 0.435. The average molecular weight is 406 g/mol. The number of hydrogen-bond donors (Lipinski definition) is 2. The minimum atomic E-state index is 0.426. The second-order valence-electron chi connectivity index (χ2n) is 7.95. The van der Waals surface area contributed by atoms with Crippen molar-refractivity contribution in [2.24, 2.45) is 4.99 Å². The number of aliphatic imine (C=N–C) groups is 1. The van der Waals surface area contributed by atoms with Crippen molar-refractivity contribution in [1.82, 2.24) is 25.0 Å². The van der Waals surface area contributed by atoms with Crippen molar-refractivity contribution in [2.45, 2.75) is 39.2 Å². The SMILES string of the molecule is CN=C(NCCc1cn2cccc(C)c2n1)NC1CCN(c2cccc(C)n2)CC1. The lowest BCUT2D eigenvalue weighted by atomic mass is 10.1. The molecule has 0 unspecified atom stereocenters. The summed E-state index contributed by atoms with van der Waals surface area (Å²) < 4.78 is 2.09. The molecular formula is C23H31N7. The summed E-state index contributed by atoms with van der Waals surface area (Å²) in [6.07, 6.45) is 7.16. The van der Waals surface area contributed by atoms with Crippen LogP contribution in [0.25, 0.3) is 5.65 Å². The minimum Gasteiger partial charge on any atom is -0.356 e. The lowest BCUT2D eigenvalue weighted by Gasteiger charge is -2.34. The maximum Gasteiger partial charge on any atom is 0.191 e. The van der Waals surface area contributed by atoms with Crippen LogP contribution in [0.1, 0.15) is 29.8 Å². The van der Waals surface area contributed by atoms with Crippen LogP contribution in [0.5, 0.6) is 0 Å². The first-order valence-corrected chi connectivity index (χ1v) is 10.7. The van der Waals surface area contributed by atoms with Gasteiger partial charge < -0.3 is 19.9 Å². The highest BCUT2D eigenvalue weighted by Gasteiger charge is 2.21. The zero-order valence-electron chi connectivity index (χ0n) is 18.1. The van der Waals surface area contributed by atoms with E-state index in [0.29, 0.717) is 6.04 Å². The number of nitrogens with one attached hydrogen (secondary N) is 2. The molecule has 0 spiro atoms. The summed E-state index contributed by atoms with van der Waals surface area (Å²) in [6.45, 7) is 6.95. The van der Waals surface area contributed by atoms with Gasteiger partial charge in [-0.2, -0.15) is 0 Å². The number of imidazole rings is 1. The van der Waals surface area contributed by atoms with Crippen LogP contribution in [0, 0.1) is 13.8 Å². The molecule has 2 N–H and O–H groups in total. The van der Waals surface area contributed by atoms with Crippen LogP contribution in [0.2, 0.25) is 0 Å². The molecule has 3 aromatic rings. The molecule has 158 valence electrons. The van der Waals surface area contributed by atoms with E-state index >= 15 is 0 Å². The molecule has 0 saturated carbocycles. The van der Waals surface area contributed by atoms with Crippen LogP contribution in [0.3, 0.4) is 0 Å². The van der Waals surface area contributed by atoms with E-state index in [-0.39, 0.29) is 0 Å². The average Bonchev–Trinajstić information content (AvgIpc) is 3.18. The summed E-state index contributed by atoms with van der Waals surface area (Å²) in [5.41, 5.74) is 4.38. The number of rotatable bonds is 5. The highest BCUT2D eigenvalue weighted by atomic mass is 15.2. The van der Waals surface area contributed by atoms with Gasteiger partial charge >= 0.3 is 0 Å². The Morgan fingerprint density at radius 1 is 1.13 bits per heavy atom. The van der Waals surface area contributed by atoms with Crippen LogP contribution < -0.4 is 15.5 Å². The molecule has 4 rings (SSSR count). The number of nitrogens with zero attached hydrogens (tertiary/aromatic N) is 5. The first kappa shape index (κ1) is 20.2. The van der Waals surface area contributed by atoms with E-state index in [9.17, 15) is 0 Å². The maximum absolute atomic E-state index is 4.75. The fourth-order valence-electron chi connectivity index (χ4n) is 3.98. The normalized spacial score (nSPS) is 15.6. The zero-order chi connectivity index (χ0) is 20.9. The molecule has 1 fully saturated rings. The Labute approximate surface area is 178 Å². The monoisotopic (exact) mass is 405 g/mol. The van der Waals surface area contributed by atoms with Crippen LogP contribution in [0.15, 0.2) is 47.7 Å². The van der Waals surface area contributed by atoms with Gasteiger partial charge in [0.1, 0.15) is 11.5 Å². The largest absolute Gasteiger partial charge is 0.356 e. The predicted octanol–water partition coefficient (Wildman–Crippen LogP) is 2.72. The zero-order valence-corrected chi connectivity index (χ0v) is 18.1. The Morgan fingerprint density at radius 2 is 1.97 bits per heavy atom. The van der Waals surface area contributed by atoms with E-state index < -0.39 is 0 Å². The smallest absolute Gasteiger partial charge is 0.191 e. The van der Waals surface area contributed by atoms with E-state index in [4.69, 9.17) is 4.98 Å². The first-order chi connectivity index (χ1) is 14.6. The van der Waals surface area contributed by atoms with Crippen molar-refractivity contribution in [3.63, 3.8) is 0 Å². The third kappa shape index (κ3) is 4.72. The quantitative estimate of drug-likeness (QED) is 0.505. The number of piperidine rings is 1. The number of hydrogen-bond acceptors (Lipinski definition) is 4. The molecule has 30 heavy (non-hydrogen) atoms. The molecule has 1 aliphatic heterocycles. The van der Waals surface area contributed by atoms with Gasteiger partial charge in [-0.05, 0) is 50.5 Å². The van der Waals surface area contributed by atoms with Crippen molar-refractivity contribution in [3.8, 4) is 0 Å². The summed E-state index contributed by atoms with van der Waals surface area (Å²) in [4.78, 5) is 16.2. The Kier molecular flexibility index (Phi) is 6.16. The number of aromatic nitrogens is 3. The Hall–Kier alpha value is -3.09. The molecule has 3 aromatic heterocycles. The van der Waals surface area contributed by atoms with Crippen LogP contribution in [-0.4, -0.2) is 53.1 Å². The van der Waals surface area contributed by atoms with Crippen LogP contribution >= 0.6 is 0 Å². The van der Waals surface area contributed by atoms with Crippen molar-refractivity contribution in [1.29, 1.82) is 0 Å². The van der Waals surface area contributed by atoms with Gasteiger partial charge in [0.05, 0.1) is 5.69 Å². The van der Waals surface area contributed by atoms with Gasteiger partial charge in [0.2, 0.25) is 0 Å². The van der Waals surface area contributed by atoms with Gasteiger partial charge in [-0.15, -0.1) is 0 Å². The third-order valence-electron chi connectivity index (χ3n) is 5.66. The molecular weight excluding hydrogens is 374 g/mol. The second-order valence-corrected chi connectivity index (χ2v) is 7.95. The number of fused-ring (bicyclic) bond motifs is 1. The lowest BCUT2D eigenvalue weighted by molar-refractivity contribution is 0.459. The van der Waals surface area contributed by atoms with Crippen LogP contribution in [-0.2, 0) is 6.42 Å². The second kappa shape index (κ2) is 9.15. The molecule has 0 radical (unpaired) electrons. The predicted molar refractivity (Wildman–Crippen MR) is 122 cm³/mol. The van der Waals surface area contributed by atoms with E-state index in [1.807, 2.05) is 26.2 Å². The van der Waals surface area contributed by atoms with Gasteiger partial charge in [0.15, 0.2) is 5.96 Å². The Bertz CT molecular complexity index is 1020. The van der Waals surface area contributed by atoms with E-state index in [1.165, 1.54) is 5.56 Å². The Morgan fingerprint density at radius 3 is 2.70 bits per heavy atom. The van der Waals surface area contributed by atoms with Crippen molar-refractivity contribution < 1.29 is 0 Å². The Balaban J connectivity index is 1.24. The summed E-state index contributed by atoms with van der Waals surface area (Å²) in [5, 5.41) is 7.02. The molecule has 0 amide bonds. The maximum atomic E-state index is 4.75. The van der Waals surface area contributed by atoms with Crippen molar-refractivity contribution in [2.75, 3.05) is 31.6 Å². The number of pyridine rings is 2. The summed E-state index contributed by atoms with van der Waals surface area (Å²) >= 11 is 0. The fourth-order valence-corrected chi connectivity index (χ4v) is 3.98. The van der Waals surface area contributed by atoms with Gasteiger partial charge in [-0.25, -0.2) is 9.97 Å². The molecule has 4 heterocycles. The molecule has 7 nitrogen and oxygen atoms in total. The highest BCUT2D eigenvalue weighted by molar-refractivity contribution is 5.80. The van der Waals surface area contributed by atoms with Crippen molar-refractivity contribution >= 4 is 17.4 Å². The van der Waals surface area contributed by atoms with Crippen LogP contribution in [0.4, 0.5) is 5.82 Å². The van der Waals surface area contributed by atoms with Crippen molar-refractivity contribution in [3.05, 3.63) is 59.7 Å². The topological polar surface area (TPSA) is 69.8 Å². The van der Waals surface area contributed by atoms with E-state index in [0.717, 1.165) is 67.7 Å². The molecule has 0 bridgehead atoms. The third-order valence-corrected chi connectivity index (χ3v) is 5.66. The molecule has 0 atom stereocenters. The molecule has 1 aliphatic rings. The molecule has 0 aliphatic carbocycles. The van der Waals surface area contributed by atoms with Gasteiger partial charge in [-0.3, -0.25) is 4.99 Å². The summed E-state index contributed by atoms with van der Waals surface area (Å²) in [7, 11) is 1.83. The standard InChI is InChI=1S/C23H31N7/c1-17-6-5-13-30-16-20(27-22(17)30)9-12-25-23(24-3)28-19-10-14-29(15-11-19)21-8-4-7-18(2)26-21/h4-8,13,16,19H,9-12,14-15H2,1-3H3,(H2,24,25,28). The van der Waals surface area contributed by atoms with E-state index in [2.05, 4.69) is 67.3 Å². The van der Waals surface area contributed by atoms with E-state index in [1.54, 1.807) is 0 Å². The first-order valence-electron chi connectivity index (χ1n) is 10.7. The minimum absolute atomic E-state index is 0.426. The lowest BCUT2D eigenvalue weighted by Crippen LogP contribution is -2.49. The number of aryl methyl sites for hydroxylation is 2. The highest BCUT2D eigenvalue weighted by Crippen LogP contribution is 2.18. The summed E-state index contributed by atoms with van der Waals surface area (Å²) in [6, 6.07) is 10.8. The summed E-state index contributed by atoms with van der Waals surface area (Å²) in [5.74, 6) is 1.95. The van der Waals surface area contributed by atoms with Gasteiger partial charge in [0, 0.05) is 57.2 Å². The number of guanidine groups is 1. The van der Waals surface area contributed by atoms with Gasteiger partial charge in [0.25, 0.3) is 0 Å². The molecule has 0 aromatic carbocycles. The molecule has 7 heteroatoms. The number of anilines is 1.